The number of hydrogen-bond acceptors (Lipinski definition) is 3. The third kappa shape index (κ3) is 3.84. The van der Waals surface area contributed by atoms with Crippen molar-refractivity contribution in [3.63, 3.8) is 0 Å². The van der Waals surface area contributed by atoms with Crippen LogP contribution in [0.25, 0.3) is 0 Å². The highest BCUT2D eigenvalue weighted by Crippen LogP contribution is 2.30. The molecule has 0 atom stereocenters. The van der Waals surface area contributed by atoms with E-state index < -0.39 is 0 Å². The van der Waals surface area contributed by atoms with E-state index in [-0.39, 0.29) is 5.91 Å². The molecule has 0 bridgehead atoms. The summed E-state index contributed by atoms with van der Waals surface area (Å²) >= 11 is 0. The van der Waals surface area contributed by atoms with Crippen molar-refractivity contribution < 1.29 is 9.53 Å². The summed E-state index contributed by atoms with van der Waals surface area (Å²) < 4.78 is 5.36. The fourth-order valence-electron chi connectivity index (χ4n) is 2.21. The first-order chi connectivity index (χ1) is 9.76. The Morgan fingerprint density at radius 1 is 1.50 bits per heavy atom. The third-order valence-corrected chi connectivity index (χ3v) is 3.41. The van der Waals surface area contributed by atoms with Crippen molar-refractivity contribution in [2.75, 3.05) is 20.2 Å². The minimum atomic E-state index is 0.139. The van der Waals surface area contributed by atoms with E-state index in [0.717, 1.165) is 24.2 Å². The van der Waals surface area contributed by atoms with Gasteiger partial charge in [-0.2, -0.15) is 0 Å². The number of ether oxygens (including phenoxy) is 1. The van der Waals surface area contributed by atoms with Crippen molar-refractivity contribution in [1.29, 1.82) is 0 Å². The number of carbonyl (C=O) groups excluding carboxylic acids is 1. The maximum atomic E-state index is 12.3. The molecular weight excluding hydrogens is 252 g/mol. The van der Waals surface area contributed by atoms with Gasteiger partial charge in [0.1, 0.15) is 5.75 Å². The fourth-order valence-corrected chi connectivity index (χ4v) is 2.21. The Kier molecular flexibility index (Phi) is 5.18. The summed E-state index contributed by atoms with van der Waals surface area (Å²) in [6.45, 7) is 5.26. The van der Waals surface area contributed by atoms with E-state index in [4.69, 9.17) is 4.74 Å². The Labute approximate surface area is 120 Å². The average Bonchev–Trinajstić information content (AvgIpc) is 3.29. The average molecular weight is 274 g/mol. The molecule has 1 aromatic rings. The maximum Gasteiger partial charge on any atom is 0.237 e. The van der Waals surface area contributed by atoms with Crippen LogP contribution < -0.4 is 10.1 Å². The molecule has 0 heterocycles. The third-order valence-electron chi connectivity index (χ3n) is 3.41. The second-order valence-corrected chi connectivity index (χ2v) is 4.98. The highest BCUT2D eigenvalue weighted by atomic mass is 16.5. The monoisotopic (exact) mass is 274 g/mol. The first kappa shape index (κ1) is 14.6. The number of hydrogen-bond donors (Lipinski definition) is 1. The smallest absolute Gasteiger partial charge is 0.237 e. The van der Waals surface area contributed by atoms with Crippen molar-refractivity contribution in [2.45, 2.75) is 25.4 Å². The molecule has 0 spiro atoms. The number of nitrogens with zero attached hydrogens (tertiary/aromatic N) is 1. The molecule has 0 aromatic heterocycles. The summed E-state index contributed by atoms with van der Waals surface area (Å²) in [5.74, 6) is 0.977. The highest BCUT2D eigenvalue weighted by Gasteiger charge is 2.32. The normalized spacial score (nSPS) is 13.8. The van der Waals surface area contributed by atoms with Gasteiger partial charge in [-0.15, -0.1) is 6.58 Å². The lowest BCUT2D eigenvalue weighted by Crippen LogP contribution is -2.39. The molecule has 1 fully saturated rings. The lowest BCUT2D eigenvalue weighted by atomic mass is 10.2. The number of amides is 1. The van der Waals surface area contributed by atoms with Gasteiger partial charge in [-0.25, -0.2) is 0 Å². The molecule has 20 heavy (non-hydrogen) atoms. The summed E-state index contributed by atoms with van der Waals surface area (Å²) in [4.78, 5) is 14.2. The number of nitrogens with one attached hydrogen (secondary N) is 1. The molecule has 0 radical (unpaired) electrons. The molecule has 1 aromatic carbocycles. The summed E-state index contributed by atoms with van der Waals surface area (Å²) in [6.07, 6.45) is 3.96. The number of benzene rings is 1. The molecule has 2 rings (SSSR count). The van der Waals surface area contributed by atoms with Gasteiger partial charge in [0.25, 0.3) is 0 Å². The van der Waals surface area contributed by atoms with E-state index in [2.05, 4.69) is 11.9 Å². The number of methoxy groups -OCH3 is 1. The topological polar surface area (TPSA) is 41.6 Å². The number of para-hydroxylation sites is 1. The fraction of sp³-hybridized carbons (Fsp3) is 0.438. The van der Waals surface area contributed by atoms with E-state index in [1.807, 2.05) is 29.2 Å². The van der Waals surface area contributed by atoms with Gasteiger partial charge in [0.05, 0.1) is 13.7 Å². The zero-order valence-corrected chi connectivity index (χ0v) is 12.0. The van der Waals surface area contributed by atoms with Crippen molar-refractivity contribution in [3.05, 3.63) is 42.5 Å². The molecule has 4 nitrogen and oxygen atoms in total. The van der Waals surface area contributed by atoms with Crippen molar-refractivity contribution in [1.82, 2.24) is 10.2 Å². The van der Waals surface area contributed by atoms with Crippen molar-refractivity contribution >= 4 is 5.91 Å². The quantitative estimate of drug-likeness (QED) is 0.582. The Bertz CT molecular complexity index is 469. The predicted octanol–water partition coefficient (Wildman–Crippen LogP) is 1.96. The number of rotatable bonds is 8. The van der Waals surface area contributed by atoms with Crippen LogP contribution in [0.5, 0.6) is 5.75 Å². The molecular formula is C16H22N2O2. The van der Waals surface area contributed by atoms with Crippen molar-refractivity contribution in [2.24, 2.45) is 0 Å². The summed E-state index contributed by atoms with van der Waals surface area (Å²) in [7, 11) is 1.66. The molecule has 1 aliphatic rings. The second-order valence-electron chi connectivity index (χ2n) is 4.98. The van der Waals surface area contributed by atoms with Gasteiger partial charge in [-0.3, -0.25) is 4.79 Å². The zero-order valence-electron chi connectivity index (χ0n) is 12.0. The minimum Gasteiger partial charge on any atom is -0.496 e. The Balaban J connectivity index is 2.01. The summed E-state index contributed by atoms with van der Waals surface area (Å²) in [5, 5.41) is 3.07. The molecule has 0 unspecified atom stereocenters. The van der Waals surface area contributed by atoms with Gasteiger partial charge in [0.15, 0.2) is 0 Å². The zero-order chi connectivity index (χ0) is 14.4. The molecule has 1 amide bonds. The Morgan fingerprint density at radius 3 is 2.90 bits per heavy atom. The Hall–Kier alpha value is -1.81. The van der Waals surface area contributed by atoms with Gasteiger partial charge in [-0.05, 0) is 18.9 Å². The van der Waals surface area contributed by atoms with Crippen molar-refractivity contribution in [3.8, 4) is 5.75 Å². The van der Waals surface area contributed by atoms with Crippen LogP contribution >= 0.6 is 0 Å². The van der Waals surface area contributed by atoms with E-state index in [9.17, 15) is 4.79 Å². The standard InChI is InChI=1S/C16H22N2O2/c1-3-10-17-11-16(19)18(14-8-9-14)12-13-6-4-5-7-15(13)20-2/h3-7,14,17H,1,8-12H2,2H3. The van der Waals surface area contributed by atoms with E-state index in [1.165, 1.54) is 0 Å². The SMILES string of the molecule is C=CCNCC(=O)N(Cc1ccccc1OC)C1CC1. The van der Waals surface area contributed by atoms with Crippen LogP contribution in [0.15, 0.2) is 36.9 Å². The minimum absolute atomic E-state index is 0.139. The molecule has 1 aliphatic carbocycles. The van der Waals surface area contributed by atoms with Gasteiger partial charge in [0.2, 0.25) is 5.91 Å². The summed E-state index contributed by atoms with van der Waals surface area (Å²) in [6, 6.07) is 8.25. The second kappa shape index (κ2) is 7.10. The lowest BCUT2D eigenvalue weighted by molar-refractivity contribution is -0.131. The van der Waals surface area contributed by atoms with E-state index in [0.29, 0.717) is 25.7 Å². The first-order valence-electron chi connectivity index (χ1n) is 6.99. The first-order valence-corrected chi connectivity index (χ1v) is 6.99. The molecule has 108 valence electrons. The van der Waals surface area contributed by atoms with Crippen LogP contribution in [-0.4, -0.2) is 37.0 Å². The van der Waals surface area contributed by atoms with Crippen LogP contribution in [0.1, 0.15) is 18.4 Å². The van der Waals surface area contributed by atoms with Crippen LogP contribution in [0.4, 0.5) is 0 Å². The predicted molar refractivity (Wildman–Crippen MR) is 79.6 cm³/mol. The molecule has 0 saturated heterocycles. The largest absolute Gasteiger partial charge is 0.496 e. The Morgan fingerprint density at radius 2 is 2.25 bits per heavy atom. The van der Waals surface area contributed by atoms with Crippen LogP contribution in [-0.2, 0) is 11.3 Å². The van der Waals surface area contributed by atoms with E-state index in [1.54, 1.807) is 13.2 Å². The van der Waals surface area contributed by atoms with Crippen LogP contribution in [0.2, 0.25) is 0 Å². The summed E-state index contributed by atoms with van der Waals surface area (Å²) in [5.41, 5.74) is 1.05. The lowest BCUT2D eigenvalue weighted by Gasteiger charge is -2.23. The molecule has 0 aliphatic heterocycles. The van der Waals surface area contributed by atoms with Crippen LogP contribution in [0, 0.1) is 0 Å². The van der Waals surface area contributed by atoms with Gasteiger partial charge in [-0.1, -0.05) is 24.3 Å². The highest BCUT2D eigenvalue weighted by molar-refractivity contribution is 5.79. The van der Waals surface area contributed by atoms with E-state index >= 15 is 0 Å². The molecule has 4 heteroatoms. The molecule has 1 N–H and O–H groups in total. The van der Waals surface area contributed by atoms with Crippen LogP contribution in [0.3, 0.4) is 0 Å². The van der Waals surface area contributed by atoms with Gasteiger partial charge in [0, 0.05) is 24.7 Å². The van der Waals surface area contributed by atoms with Gasteiger partial charge < -0.3 is 15.0 Å². The number of carbonyl (C=O) groups is 1. The molecule has 1 saturated carbocycles. The maximum absolute atomic E-state index is 12.3. The van der Waals surface area contributed by atoms with Gasteiger partial charge >= 0.3 is 0 Å².